The van der Waals surface area contributed by atoms with Crippen molar-refractivity contribution in [3.8, 4) is 0 Å². The van der Waals surface area contributed by atoms with E-state index in [1.165, 1.54) is 5.56 Å². The molecule has 0 saturated carbocycles. The highest BCUT2D eigenvalue weighted by Gasteiger charge is 2.25. The van der Waals surface area contributed by atoms with Gasteiger partial charge >= 0.3 is 0 Å². The van der Waals surface area contributed by atoms with Gasteiger partial charge in [0.05, 0.1) is 0 Å². The predicted molar refractivity (Wildman–Crippen MR) is 78.6 cm³/mol. The first kappa shape index (κ1) is 11.8. The number of pyridine rings is 1. The normalized spacial score (nSPS) is 19.2. The van der Waals surface area contributed by atoms with Crippen molar-refractivity contribution >= 4 is 28.5 Å². The lowest BCUT2D eigenvalue weighted by Gasteiger charge is -2.16. The number of aromatic nitrogens is 3. The summed E-state index contributed by atoms with van der Waals surface area (Å²) in [7, 11) is 0. The third-order valence-corrected chi connectivity index (χ3v) is 3.81. The summed E-state index contributed by atoms with van der Waals surface area (Å²) in [6.45, 7) is 2.01. The van der Waals surface area contributed by atoms with Crippen molar-refractivity contribution in [1.82, 2.24) is 15.0 Å². The Labute approximate surface area is 120 Å². The highest BCUT2D eigenvalue weighted by molar-refractivity contribution is 14.1. The van der Waals surface area contributed by atoms with Gasteiger partial charge in [-0.15, -0.1) is 0 Å². The van der Waals surface area contributed by atoms with Gasteiger partial charge in [0.15, 0.2) is 0 Å². The van der Waals surface area contributed by atoms with Gasteiger partial charge in [0.25, 0.3) is 0 Å². The second-order valence-electron chi connectivity index (χ2n) is 4.41. The minimum absolute atomic E-state index is 0.566. The van der Waals surface area contributed by atoms with E-state index < -0.39 is 0 Å². The molecule has 5 heteroatoms. The largest absolute Gasteiger partial charge is 0.340 e. The molecule has 0 aromatic carbocycles. The Kier molecular flexibility index (Phi) is 3.40. The molecule has 0 spiro atoms. The molecule has 1 aliphatic rings. The van der Waals surface area contributed by atoms with Gasteiger partial charge in [0, 0.05) is 47.4 Å². The number of hydrogen-bond donors (Lipinski definition) is 0. The zero-order chi connectivity index (χ0) is 12.4. The smallest absolute Gasteiger partial charge is 0.225 e. The van der Waals surface area contributed by atoms with Crippen LogP contribution in [-0.4, -0.2) is 28.0 Å². The van der Waals surface area contributed by atoms with Crippen LogP contribution in [0.4, 0.5) is 5.95 Å². The molecule has 1 saturated heterocycles. The molecule has 0 radical (unpaired) electrons. The van der Waals surface area contributed by atoms with Crippen molar-refractivity contribution in [2.75, 3.05) is 18.0 Å². The minimum atomic E-state index is 0.566. The monoisotopic (exact) mass is 352 g/mol. The third kappa shape index (κ3) is 2.45. The molecule has 3 heterocycles. The molecule has 1 atom stereocenters. The van der Waals surface area contributed by atoms with Crippen molar-refractivity contribution in [1.29, 1.82) is 0 Å². The predicted octanol–water partition coefficient (Wildman–Crippen LogP) is 2.47. The van der Waals surface area contributed by atoms with Crippen LogP contribution < -0.4 is 4.90 Å². The molecule has 1 fully saturated rings. The maximum Gasteiger partial charge on any atom is 0.225 e. The maximum absolute atomic E-state index is 4.38. The summed E-state index contributed by atoms with van der Waals surface area (Å²) < 4.78 is 1.07. The number of halogens is 1. The van der Waals surface area contributed by atoms with Gasteiger partial charge in [-0.25, -0.2) is 9.97 Å². The van der Waals surface area contributed by atoms with E-state index in [9.17, 15) is 0 Å². The van der Waals surface area contributed by atoms with Crippen LogP contribution in [0.1, 0.15) is 17.9 Å². The zero-order valence-electron chi connectivity index (χ0n) is 9.83. The van der Waals surface area contributed by atoms with Crippen molar-refractivity contribution in [3.63, 3.8) is 0 Å². The first-order valence-corrected chi connectivity index (χ1v) is 7.03. The van der Waals surface area contributed by atoms with Crippen molar-refractivity contribution in [2.45, 2.75) is 12.3 Å². The lowest BCUT2D eigenvalue weighted by Crippen LogP contribution is -2.21. The quantitative estimate of drug-likeness (QED) is 0.779. The first-order valence-electron chi connectivity index (χ1n) is 5.95. The van der Waals surface area contributed by atoms with Crippen LogP contribution in [0.5, 0.6) is 0 Å². The number of hydrogen-bond acceptors (Lipinski definition) is 4. The summed E-state index contributed by atoms with van der Waals surface area (Å²) >= 11 is 2.22. The van der Waals surface area contributed by atoms with Crippen LogP contribution in [0, 0.1) is 3.57 Å². The molecule has 0 aliphatic carbocycles. The molecular weight excluding hydrogens is 339 g/mol. The van der Waals surface area contributed by atoms with E-state index in [0.717, 1.165) is 29.0 Å². The van der Waals surface area contributed by atoms with E-state index in [4.69, 9.17) is 0 Å². The molecule has 0 N–H and O–H groups in total. The number of anilines is 1. The Bertz CT molecular complexity index is 514. The fraction of sp³-hybridized carbons (Fsp3) is 0.308. The Morgan fingerprint density at radius 1 is 1.17 bits per heavy atom. The van der Waals surface area contributed by atoms with Gasteiger partial charge < -0.3 is 4.90 Å². The SMILES string of the molecule is Ic1cnc(N2CCC(c3ccncc3)C2)nc1. The topological polar surface area (TPSA) is 41.9 Å². The number of nitrogens with zero attached hydrogens (tertiary/aromatic N) is 4. The lowest BCUT2D eigenvalue weighted by molar-refractivity contribution is 0.770. The lowest BCUT2D eigenvalue weighted by atomic mass is 10.00. The van der Waals surface area contributed by atoms with Crippen molar-refractivity contribution in [3.05, 3.63) is 46.1 Å². The number of rotatable bonds is 2. The maximum atomic E-state index is 4.38. The Hall–Kier alpha value is -1.24. The van der Waals surface area contributed by atoms with E-state index in [-0.39, 0.29) is 0 Å². The van der Waals surface area contributed by atoms with Gasteiger partial charge in [-0.1, -0.05) is 0 Å². The Morgan fingerprint density at radius 2 is 1.89 bits per heavy atom. The summed E-state index contributed by atoms with van der Waals surface area (Å²) in [6.07, 6.45) is 8.60. The molecule has 2 aromatic rings. The first-order chi connectivity index (χ1) is 8.83. The minimum Gasteiger partial charge on any atom is -0.340 e. The molecular formula is C13H13IN4. The Morgan fingerprint density at radius 3 is 2.61 bits per heavy atom. The van der Waals surface area contributed by atoms with Crippen molar-refractivity contribution in [2.24, 2.45) is 0 Å². The standard InChI is InChI=1S/C13H13IN4/c14-12-7-16-13(17-8-12)18-6-3-11(9-18)10-1-4-15-5-2-10/h1-2,4-5,7-8,11H,3,6,9H2. The molecule has 2 aromatic heterocycles. The van der Waals surface area contributed by atoms with Gasteiger partial charge in [-0.3, -0.25) is 4.98 Å². The molecule has 4 nitrogen and oxygen atoms in total. The third-order valence-electron chi connectivity index (χ3n) is 3.26. The highest BCUT2D eigenvalue weighted by Crippen LogP contribution is 2.28. The van der Waals surface area contributed by atoms with Crippen LogP contribution in [-0.2, 0) is 0 Å². The van der Waals surface area contributed by atoms with E-state index >= 15 is 0 Å². The fourth-order valence-corrected chi connectivity index (χ4v) is 2.60. The van der Waals surface area contributed by atoms with Gasteiger partial charge in [-0.2, -0.15) is 0 Å². The fourth-order valence-electron chi connectivity index (χ4n) is 2.32. The average Bonchev–Trinajstić information content (AvgIpc) is 2.90. The zero-order valence-corrected chi connectivity index (χ0v) is 12.0. The van der Waals surface area contributed by atoms with E-state index in [1.807, 2.05) is 24.8 Å². The van der Waals surface area contributed by atoms with Crippen molar-refractivity contribution < 1.29 is 0 Å². The highest BCUT2D eigenvalue weighted by atomic mass is 127. The summed E-state index contributed by atoms with van der Waals surface area (Å²) in [5.41, 5.74) is 1.36. The molecule has 18 heavy (non-hydrogen) atoms. The Balaban J connectivity index is 1.74. The molecule has 92 valence electrons. The van der Waals surface area contributed by atoms with Crippen LogP contribution in [0.2, 0.25) is 0 Å². The second kappa shape index (κ2) is 5.17. The molecule has 0 amide bonds. The van der Waals surface area contributed by atoms with E-state index in [0.29, 0.717) is 5.92 Å². The molecule has 0 bridgehead atoms. The molecule has 1 unspecified atom stereocenters. The molecule has 3 rings (SSSR count). The average molecular weight is 352 g/mol. The second-order valence-corrected chi connectivity index (χ2v) is 5.66. The van der Waals surface area contributed by atoms with Gasteiger partial charge in [0.1, 0.15) is 0 Å². The van der Waals surface area contributed by atoms with Crippen LogP contribution >= 0.6 is 22.6 Å². The summed E-state index contributed by atoms with van der Waals surface area (Å²) in [6, 6.07) is 4.20. The van der Waals surface area contributed by atoms with Gasteiger partial charge in [0.2, 0.25) is 5.95 Å². The van der Waals surface area contributed by atoms with Crippen LogP contribution in [0.3, 0.4) is 0 Å². The van der Waals surface area contributed by atoms with E-state index in [2.05, 4.69) is 54.6 Å². The van der Waals surface area contributed by atoms with E-state index in [1.54, 1.807) is 0 Å². The summed E-state index contributed by atoms with van der Waals surface area (Å²) in [5.74, 6) is 1.41. The summed E-state index contributed by atoms with van der Waals surface area (Å²) in [5, 5.41) is 0. The summed E-state index contributed by atoms with van der Waals surface area (Å²) in [4.78, 5) is 15.1. The molecule has 1 aliphatic heterocycles. The van der Waals surface area contributed by atoms with Crippen LogP contribution in [0.25, 0.3) is 0 Å². The van der Waals surface area contributed by atoms with Crippen LogP contribution in [0.15, 0.2) is 36.9 Å². The van der Waals surface area contributed by atoms with Gasteiger partial charge in [-0.05, 0) is 46.7 Å².